The van der Waals surface area contributed by atoms with E-state index in [0.29, 0.717) is 11.4 Å². The van der Waals surface area contributed by atoms with Gasteiger partial charge in [0.05, 0.1) is 10.7 Å². The number of aliphatic hydroxyl groups is 1. The van der Waals surface area contributed by atoms with Crippen LogP contribution in [-0.4, -0.2) is 38.0 Å². The van der Waals surface area contributed by atoms with Gasteiger partial charge in [0.25, 0.3) is 0 Å². The fourth-order valence-corrected chi connectivity index (χ4v) is 2.81. The van der Waals surface area contributed by atoms with Gasteiger partial charge >= 0.3 is 10.2 Å². The molecule has 0 saturated heterocycles. The maximum atomic E-state index is 12.0. The Hall–Kier alpha value is -0.530. The van der Waals surface area contributed by atoms with Gasteiger partial charge in [-0.3, -0.25) is 4.72 Å². The Kier molecular flexibility index (Phi) is 5.88. The predicted molar refractivity (Wildman–Crippen MR) is 78.1 cm³/mol. The van der Waals surface area contributed by atoms with Gasteiger partial charge in [0.2, 0.25) is 0 Å². The highest BCUT2D eigenvalue weighted by Gasteiger charge is 2.18. The molecular formula is C11H16Cl2N2O3S. The molecular weight excluding hydrogens is 311 g/mol. The van der Waals surface area contributed by atoms with E-state index in [1.165, 1.54) is 13.1 Å². The molecule has 0 aromatic heterocycles. The minimum absolute atomic E-state index is 0.0724. The summed E-state index contributed by atoms with van der Waals surface area (Å²) in [5.41, 5.74) is 0.997. The average molecular weight is 327 g/mol. The summed E-state index contributed by atoms with van der Waals surface area (Å²) >= 11 is 11.9. The van der Waals surface area contributed by atoms with Crippen LogP contribution in [0.4, 0.5) is 5.69 Å². The molecule has 1 aromatic rings. The van der Waals surface area contributed by atoms with E-state index in [1.807, 2.05) is 0 Å². The normalized spacial score (nSPS) is 11.9. The number of halogens is 2. The maximum Gasteiger partial charge on any atom is 0.301 e. The molecule has 0 bridgehead atoms. The topological polar surface area (TPSA) is 69.6 Å². The summed E-state index contributed by atoms with van der Waals surface area (Å²) in [6, 6.07) is 3.06. The van der Waals surface area contributed by atoms with E-state index < -0.39 is 10.2 Å². The van der Waals surface area contributed by atoms with Gasteiger partial charge in [0.15, 0.2) is 0 Å². The minimum Gasteiger partial charge on any atom is -0.396 e. The molecule has 0 amide bonds. The monoisotopic (exact) mass is 326 g/mol. The van der Waals surface area contributed by atoms with E-state index in [0.717, 1.165) is 9.87 Å². The van der Waals surface area contributed by atoms with Crippen LogP contribution in [0.3, 0.4) is 0 Å². The van der Waals surface area contributed by atoms with Crippen LogP contribution in [0.15, 0.2) is 12.1 Å². The SMILES string of the molecule is Cc1cc(Cl)c(NS(=O)(=O)N(C)CCCO)cc1Cl. The molecule has 8 heteroatoms. The highest BCUT2D eigenvalue weighted by Crippen LogP contribution is 2.29. The molecule has 0 radical (unpaired) electrons. The van der Waals surface area contributed by atoms with Crippen molar-refractivity contribution in [3.05, 3.63) is 27.7 Å². The summed E-state index contributed by atoms with van der Waals surface area (Å²) in [7, 11) is -2.29. The quantitative estimate of drug-likeness (QED) is 0.842. The van der Waals surface area contributed by atoms with Crippen molar-refractivity contribution in [2.24, 2.45) is 0 Å². The van der Waals surface area contributed by atoms with Crippen LogP contribution >= 0.6 is 23.2 Å². The van der Waals surface area contributed by atoms with Crippen LogP contribution in [0, 0.1) is 6.92 Å². The third-order valence-electron chi connectivity index (χ3n) is 2.53. The molecule has 0 aliphatic carbocycles. The molecule has 0 spiro atoms. The molecule has 0 saturated carbocycles. The van der Waals surface area contributed by atoms with E-state index in [9.17, 15) is 8.42 Å². The standard InChI is InChI=1S/C11H16Cl2N2O3S/c1-8-6-10(13)11(7-9(8)12)14-19(17,18)15(2)4-3-5-16/h6-7,14,16H,3-5H2,1-2H3. The average Bonchev–Trinajstić information content (AvgIpc) is 2.32. The number of hydrogen-bond donors (Lipinski definition) is 2. The Morgan fingerprint density at radius 2 is 1.95 bits per heavy atom. The van der Waals surface area contributed by atoms with Gasteiger partial charge < -0.3 is 5.11 Å². The number of aliphatic hydroxyl groups excluding tert-OH is 1. The third-order valence-corrected chi connectivity index (χ3v) is 4.73. The lowest BCUT2D eigenvalue weighted by molar-refractivity contribution is 0.276. The number of benzene rings is 1. The highest BCUT2D eigenvalue weighted by atomic mass is 35.5. The van der Waals surface area contributed by atoms with Crippen molar-refractivity contribution in [2.45, 2.75) is 13.3 Å². The third kappa shape index (κ3) is 4.50. The Morgan fingerprint density at radius 1 is 1.32 bits per heavy atom. The second-order valence-corrected chi connectivity index (χ2v) is 6.68. The number of rotatable bonds is 6. The summed E-state index contributed by atoms with van der Waals surface area (Å²) in [5.74, 6) is 0. The Labute approximate surface area is 123 Å². The smallest absolute Gasteiger partial charge is 0.301 e. The fraction of sp³-hybridized carbons (Fsp3) is 0.455. The molecule has 0 aliphatic rings. The molecule has 0 heterocycles. The van der Waals surface area contributed by atoms with E-state index in [4.69, 9.17) is 28.3 Å². The first-order valence-corrected chi connectivity index (χ1v) is 7.78. The van der Waals surface area contributed by atoms with Gasteiger partial charge in [0, 0.05) is 25.2 Å². The summed E-state index contributed by atoms with van der Waals surface area (Å²) < 4.78 is 27.4. The molecule has 19 heavy (non-hydrogen) atoms. The number of anilines is 1. The molecule has 5 nitrogen and oxygen atoms in total. The molecule has 0 aliphatic heterocycles. The van der Waals surface area contributed by atoms with Crippen LogP contribution in [0.2, 0.25) is 10.0 Å². The number of hydrogen-bond acceptors (Lipinski definition) is 3. The molecule has 0 fully saturated rings. The van der Waals surface area contributed by atoms with Crippen LogP contribution in [-0.2, 0) is 10.2 Å². The zero-order chi connectivity index (χ0) is 14.6. The first-order valence-electron chi connectivity index (χ1n) is 5.58. The van der Waals surface area contributed by atoms with Crippen molar-refractivity contribution in [3.63, 3.8) is 0 Å². The van der Waals surface area contributed by atoms with Crippen LogP contribution in [0.1, 0.15) is 12.0 Å². The van der Waals surface area contributed by atoms with Crippen molar-refractivity contribution in [3.8, 4) is 0 Å². The van der Waals surface area contributed by atoms with Crippen LogP contribution in [0.25, 0.3) is 0 Å². The van der Waals surface area contributed by atoms with E-state index >= 15 is 0 Å². The molecule has 2 N–H and O–H groups in total. The predicted octanol–water partition coefficient (Wildman–Crippen LogP) is 2.27. The Morgan fingerprint density at radius 3 is 2.53 bits per heavy atom. The lowest BCUT2D eigenvalue weighted by Gasteiger charge is -2.18. The van der Waals surface area contributed by atoms with E-state index in [1.54, 1.807) is 13.0 Å². The first kappa shape index (κ1) is 16.5. The van der Waals surface area contributed by atoms with E-state index in [2.05, 4.69) is 4.72 Å². The summed E-state index contributed by atoms with van der Waals surface area (Å²) in [5, 5.41) is 9.41. The molecule has 0 atom stereocenters. The summed E-state index contributed by atoms with van der Waals surface area (Å²) in [4.78, 5) is 0. The zero-order valence-electron chi connectivity index (χ0n) is 10.7. The van der Waals surface area contributed by atoms with Gasteiger partial charge in [0.1, 0.15) is 0 Å². The fourth-order valence-electron chi connectivity index (χ4n) is 1.35. The molecule has 108 valence electrons. The van der Waals surface area contributed by atoms with Crippen molar-refractivity contribution >= 4 is 39.1 Å². The van der Waals surface area contributed by atoms with E-state index in [-0.39, 0.29) is 23.9 Å². The molecule has 1 rings (SSSR count). The first-order chi connectivity index (χ1) is 8.77. The van der Waals surface area contributed by atoms with Gasteiger partial charge in [-0.15, -0.1) is 0 Å². The molecule has 1 aromatic carbocycles. The van der Waals surface area contributed by atoms with Gasteiger partial charge in [-0.25, -0.2) is 0 Å². The van der Waals surface area contributed by atoms with Gasteiger partial charge in [-0.05, 0) is 31.0 Å². The second kappa shape index (κ2) is 6.76. The van der Waals surface area contributed by atoms with Gasteiger partial charge in [-0.2, -0.15) is 12.7 Å². The second-order valence-electron chi connectivity index (χ2n) is 4.09. The van der Waals surface area contributed by atoms with Crippen molar-refractivity contribution in [1.82, 2.24) is 4.31 Å². The maximum absolute atomic E-state index is 12.0. The van der Waals surface area contributed by atoms with Gasteiger partial charge in [-0.1, -0.05) is 23.2 Å². The van der Waals surface area contributed by atoms with Crippen LogP contribution < -0.4 is 4.72 Å². The number of nitrogens with one attached hydrogen (secondary N) is 1. The highest BCUT2D eigenvalue weighted by molar-refractivity contribution is 7.90. The van der Waals surface area contributed by atoms with Crippen molar-refractivity contribution in [2.75, 3.05) is 24.9 Å². The Balaban J connectivity index is 2.92. The largest absolute Gasteiger partial charge is 0.396 e. The minimum atomic E-state index is -3.71. The zero-order valence-corrected chi connectivity index (χ0v) is 13.0. The Bertz CT molecular complexity index is 549. The molecule has 0 unspecified atom stereocenters. The lowest BCUT2D eigenvalue weighted by Crippen LogP contribution is -2.33. The summed E-state index contributed by atoms with van der Waals surface area (Å²) in [6.45, 7) is 1.92. The van der Waals surface area contributed by atoms with Crippen molar-refractivity contribution < 1.29 is 13.5 Å². The van der Waals surface area contributed by atoms with Crippen LogP contribution in [0.5, 0.6) is 0 Å². The number of nitrogens with zero attached hydrogens (tertiary/aromatic N) is 1. The van der Waals surface area contributed by atoms with Crippen molar-refractivity contribution in [1.29, 1.82) is 0 Å². The number of aryl methyl sites for hydroxylation is 1. The lowest BCUT2D eigenvalue weighted by atomic mass is 10.2. The summed E-state index contributed by atoms with van der Waals surface area (Å²) in [6.07, 6.45) is 0.361.